The summed E-state index contributed by atoms with van der Waals surface area (Å²) in [6.07, 6.45) is 3.56. The molecule has 1 N–H and O–H groups in total. The van der Waals surface area contributed by atoms with E-state index in [1.54, 1.807) is 18.2 Å². The monoisotopic (exact) mass is 289 g/mol. The van der Waals surface area contributed by atoms with Crippen LogP contribution in [-0.4, -0.2) is 35.5 Å². The first-order chi connectivity index (χ1) is 10.2. The molecule has 1 aromatic rings. The molecule has 3 atom stereocenters. The highest BCUT2D eigenvalue weighted by Gasteiger charge is 2.37. The molecule has 2 aliphatic heterocycles. The molecule has 0 saturated carbocycles. The molecule has 21 heavy (non-hydrogen) atoms. The third-order valence-electron chi connectivity index (χ3n) is 4.92. The number of piperidine rings is 1. The molecule has 0 aromatic heterocycles. The minimum absolute atomic E-state index is 0.195. The molecule has 3 rings (SSSR count). The maximum Gasteiger partial charge on any atom is 0.269 e. The summed E-state index contributed by atoms with van der Waals surface area (Å²) in [5.41, 5.74) is 1.27. The number of rotatable bonds is 4. The van der Waals surface area contributed by atoms with Gasteiger partial charge in [0.1, 0.15) is 0 Å². The Hall–Kier alpha value is -1.46. The molecule has 0 bridgehead atoms. The Morgan fingerprint density at radius 3 is 3.05 bits per heavy atom. The van der Waals surface area contributed by atoms with Gasteiger partial charge in [0, 0.05) is 37.3 Å². The quantitative estimate of drug-likeness (QED) is 0.684. The van der Waals surface area contributed by atoms with Crippen LogP contribution in [0.15, 0.2) is 24.3 Å². The Morgan fingerprint density at radius 2 is 2.33 bits per heavy atom. The Kier molecular flexibility index (Phi) is 4.22. The van der Waals surface area contributed by atoms with Gasteiger partial charge in [-0.05, 0) is 37.3 Å². The highest BCUT2D eigenvalue weighted by atomic mass is 16.6. The van der Waals surface area contributed by atoms with Gasteiger partial charge in [-0.25, -0.2) is 0 Å². The van der Waals surface area contributed by atoms with Gasteiger partial charge in [0.05, 0.1) is 4.92 Å². The van der Waals surface area contributed by atoms with E-state index in [4.69, 9.17) is 0 Å². The molecule has 114 valence electrons. The van der Waals surface area contributed by atoms with Crippen LogP contribution in [0.25, 0.3) is 0 Å². The van der Waals surface area contributed by atoms with Crippen LogP contribution in [0.3, 0.4) is 0 Å². The van der Waals surface area contributed by atoms with E-state index in [-0.39, 0.29) is 16.7 Å². The van der Waals surface area contributed by atoms with Crippen LogP contribution in [0.5, 0.6) is 0 Å². The van der Waals surface area contributed by atoms with Crippen molar-refractivity contribution in [2.75, 3.05) is 19.6 Å². The first-order valence-electron chi connectivity index (χ1n) is 7.91. The van der Waals surface area contributed by atoms with Crippen LogP contribution in [0, 0.1) is 16.0 Å². The van der Waals surface area contributed by atoms with Crippen molar-refractivity contribution in [2.24, 2.45) is 5.92 Å². The Labute approximate surface area is 125 Å². The highest BCUT2D eigenvalue weighted by Crippen LogP contribution is 2.34. The number of hydrogen-bond acceptors (Lipinski definition) is 4. The van der Waals surface area contributed by atoms with E-state index < -0.39 is 0 Å². The average molecular weight is 289 g/mol. The Morgan fingerprint density at radius 1 is 1.48 bits per heavy atom. The lowest BCUT2D eigenvalue weighted by molar-refractivity contribution is -0.385. The molecular weight excluding hydrogens is 266 g/mol. The lowest BCUT2D eigenvalue weighted by atomic mass is 9.94. The summed E-state index contributed by atoms with van der Waals surface area (Å²) in [6.45, 7) is 5.46. The Bertz CT molecular complexity index is 506. The number of nitro benzene ring substituents is 1. The van der Waals surface area contributed by atoms with E-state index in [1.807, 2.05) is 6.07 Å². The van der Waals surface area contributed by atoms with Gasteiger partial charge < -0.3 is 5.32 Å². The van der Waals surface area contributed by atoms with Gasteiger partial charge in [0.2, 0.25) is 0 Å². The highest BCUT2D eigenvalue weighted by molar-refractivity contribution is 5.36. The molecule has 2 fully saturated rings. The van der Waals surface area contributed by atoms with E-state index >= 15 is 0 Å². The second-order valence-corrected chi connectivity index (χ2v) is 6.19. The second-order valence-electron chi connectivity index (χ2n) is 6.19. The third kappa shape index (κ3) is 2.94. The first kappa shape index (κ1) is 14.5. The summed E-state index contributed by atoms with van der Waals surface area (Å²) in [5, 5.41) is 14.6. The van der Waals surface area contributed by atoms with Crippen LogP contribution in [0.1, 0.15) is 37.8 Å². The number of non-ortho nitro benzene ring substituents is 1. The summed E-state index contributed by atoms with van der Waals surface area (Å²) < 4.78 is 0. The average Bonchev–Trinajstić information content (AvgIpc) is 2.91. The van der Waals surface area contributed by atoms with Crippen LogP contribution in [-0.2, 0) is 0 Å². The molecule has 0 spiro atoms. The normalized spacial score (nSPS) is 27.3. The smallest absolute Gasteiger partial charge is 0.269 e. The molecule has 1 unspecified atom stereocenters. The lowest BCUT2D eigenvalue weighted by Gasteiger charge is -2.27. The van der Waals surface area contributed by atoms with E-state index in [2.05, 4.69) is 17.1 Å². The molecule has 2 saturated heterocycles. The lowest BCUT2D eigenvalue weighted by Crippen LogP contribution is -2.40. The fourth-order valence-electron chi connectivity index (χ4n) is 3.88. The van der Waals surface area contributed by atoms with Crippen molar-refractivity contribution in [3.8, 4) is 0 Å². The third-order valence-corrected chi connectivity index (χ3v) is 4.92. The van der Waals surface area contributed by atoms with Crippen molar-refractivity contribution in [3.63, 3.8) is 0 Å². The van der Waals surface area contributed by atoms with Crippen LogP contribution < -0.4 is 5.32 Å². The molecule has 0 amide bonds. The fraction of sp³-hybridized carbons (Fsp3) is 0.625. The van der Waals surface area contributed by atoms with Gasteiger partial charge in [-0.15, -0.1) is 0 Å². The summed E-state index contributed by atoms with van der Waals surface area (Å²) in [5.74, 6) is 0.742. The molecule has 2 aliphatic rings. The predicted octanol–water partition coefficient (Wildman–Crippen LogP) is 2.73. The van der Waals surface area contributed by atoms with Crippen molar-refractivity contribution in [3.05, 3.63) is 39.9 Å². The molecule has 0 aliphatic carbocycles. The van der Waals surface area contributed by atoms with Gasteiger partial charge in [0.15, 0.2) is 0 Å². The number of nitrogens with zero attached hydrogens (tertiary/aromatic N) is 2. The van der Waals surface area contributed by atoms with Gasteiger partial charge in [0.25, 0.3) is 5.69 Å². The maximum atomic E-state index is 11.0. The van der Waals surface area contributed by atoms with Crippen molar-refractivity contribution >= 4 is 5.69 Å². The summed E-state index contributed by atoms with van der Waals surface area (Å²) in [7, 11) is 0. The van der Waals surface area contributed by atoms with Crippen LogP contribution in [0.4, 0.5) is 5.69 Å². The second kappa shape index (κ2) is 6.12. The minimum atomic E-state index is -0.304. The van der Waals surface area contributed by atoms with Gasteiger partial charge >= 0.3 is 0 Å². The van der Waals surface area contributed by atoms with Gasteiger partial charge in [-0.3, -0.25) is 15.0 Å². The molecule has 0 radical (unpaired) electrons. The zero-order valence-corrected chi connectivity index (χ0v) is 12.5. The minimum Gasteiger partial charge on any atom is -0.312 e. The number of nitrogens with one attached hydrogen (secondary N) is 1. The molecular formula is C16H23N3O2. The van der Waals surface area contributed by atoms with Crippen molar-refractivity contribution in [2.45, 2.75) is 38.3 Å². The zero-order chi connectivity index (χ0) is 14.8. The standard InChI is InChI=1S/C16H23N3O2/c1-2-16(12-5-3-7-14(9-12)19(20)21)18-10-13-6-4-8-17-15(13)11-18/h3,5,7,9,13,15-17H,2,4,6,8,10-11H2,1H3/t13-,15+,16?/m0/s1. The maximum absolute atomic E-state index is 11.0. The fourth-order valence-corrected chi connectivity index (χ4v) is 3.88. The summed E-state index contributed by atoms with van der Waals surface area (Å²) >= 11 is 0. The topological polar surface area (TPSA) is 58.4 Å². The van der Waals surface area contributed by atoms with Crippen LogP contribution >= 0.6 is 0 Å². The molecule has 2 heterocycles. The van der Waals surface area contributed by atoms with Crippen molar-refractivity contribution < 1.29 is 4.92 Å². The number of fused-ring (bicyclic) bond motifs is 1. The van der Waals surface area contributed by atoms with E-state index in [0.717, 1.165) is 37.5 Å². The van der Waals surface area contributed by atoms with E-state index in [0.29, 0.717) is 6.04 Å². The van der Waals surface area contributed by atoms with E-state index in [9.17, 15) is 10.1 Å². The van der Waals surface area contributed by atoms with Crippen molar-refractivity contribution in [1.82, 2.24) is 10.2 Å². The zero-order valence-electron chi connectivity index (χ0n) is 12.5. The number of nitro groups is 1. The number of hydrogen-bond donors (Lipinski definition) is 1. The summed E-state index contributed by atoms with van der Waals surface area (Å²) in [6, 6.07) is 8.03. The van der Waals surface area contributed by atoms with Crippen molar-refractivity contribution in [1.29, 1.82) is 0 Å². The van der Waals surface area contributed by atoms with E-state index in [1.165, 1.54) is 12.8 Å². The van der Waals surface area contributed by atoms with Crippen LogP contribution in [0.2, 0.25) is 0 Å². The Balaban J connectivity index is 1.79. The molecule has 5 nitrogen and oxygen atoms in total. The number of benzene rings is 1. The molecule has 1 aromatic carbocycles. The SMILES string of the molecule is CCC(c1cccc([N+](=O)[O-])c1)N1C[C@@H]2CCCN[C@@H]2C1. The first-order valence-corrected chi connectivity index (χ1v) is 7.91. The molecule has 5 heteroatoms. The van der Waals surface area contributed by atoms with Gasteiger partial charge in [-0.1, -0.05) is 19.1 Å². The van der Waals surface area contributed by atoms with Gasteiger partial charge in [-0.2, -0.15) is 0 Å². The largest absolute Gasteiger partial charge is 0.312 e. The predicted molar refractivity (Wildman–Crippen MR) is 82.2 cm³/mol. The number of likely N-dealkylation sites (tertiary alicyclic amines) is 1. The summed E-state index contributed by atoms with van der Waals surface area (Å²) in [4.78, 5) is 13.2.